The second kappa shape index (κ2) is 8.19. The summed E-state index contributed by atoms with van der Waals surface area (Å²) in [4.78, 5) is 3.36. The van der Waals surface area contributed by atoms with Crippen molar-refractivity contribution >= 4 is 10.9 Å². The first-order valence-corrected chi connectivity index (χ1v) is 8.49. The molecule has 2 aromatic carbocycles. The number of H-pyrrole nitrogens is 1. The third kappa shape index (κ3) is 3.81. The van der Waals surface area contributed by atoms with Crippen molar-refractivity contribution in [2.45, 2.75) is 13.0 Å². The number of benzene rings is 2. The van der Waals surface area contributed by atoms with E-state index in [4.69, 9.17) is 4.74 Å². The van der Waals surface area contributed by atoms with Gasteiger partial charge < -0.3 is 26.7 Å². The third-order valence-electron chi connectivity index (χ3n) is 4.58. The van der Waals surface area contributed by atoms with Crippen molar-refractivity contribution in [1.82, 2.24) is 4.98 Å². The van der Waals surface area contributed by atoms with E-state index in [1.807, 2.05) is 6.07 Å². The molecular weight excluding hydrogens is 388 g/mol. The number of ether oxygens (including phenoxy) is 1. The molecule has 4 rings (SSSR count). The minimum atomic E-state index is 0. The van der Waals surface area contributed by atoms with E-state index in [9.17, 15) is 0 Å². The largest absolute Gasteiger partial charge is 1.00 e. The van der Waals surface area contributed by atoms with Gasteiger partial charge in [0.15, 0.2) is 18.4 Å². The molecule has 0 saturated heterocycles. The van der Waals surface area contributed by atoms with Gasteiger partial charge in [-0.2, -0.15) is 4.57 Å². The van der Waals surface area contributed by atoms with E-state index in [1.165, 1.54) is 22.2 Å². The normalized spacial score (nSPS) is 10.5. The number of halogens is 1. The first kappa shape index (κ1) is 18.2. The summed E-state index contributed by atoms with van der Waals surface area (Å²) in [6.45, 7) is 0.878. The van der Waals surface area contributed by atoms with Gasteiger partial charge in [0.05, 0.1) is 13.5 Å². The summed E-state index contributed by atoms with van der Waals surface area (Å²) in [6, 6.07) is 23.1. The Hall–Kier alpha value is -2.59. The van der Waals surface area contributed by atoms with Gasteiger partial charge in [-0.05, 0) is 23.8 Å². The molecule has 0 fully saturated rings. The Morgan fingerprint density at radius 2 is 1.77 bits per heavy atom. The maximum atomic E-state index is 5.38. The first-order valence-electron chi connectivity index (χ1n) is 8.49. The predicted molar refractivity (Wildman–Crippen MR) is 99.8 cm³/mol. The fourth-order valence-electron chi connectivity index (χ4n) is 3.23. The molecule has 1 N–H and O–H groups in total. The molecule has 2 heterocycles. The zero-order chi connectivity index (χ0) is 17.1. The summed E-state index contributed by atoms with van der Waals surface area (Å²) in [5, 5.41) is 1.22. The smallest absolute Gasteiger partial charge is 0.186 e. The van der Waals surface area contributed by atoms with Crippen LogP contribution in [0.15, 0.2) is 79.1 Å². The van der Waals surface area contributed by atoms with Crippen LogP contribution >= 0.6 is 0 Å². The van der Waals surface area contributed by atoms with Crippen LogP contribution in [-0.2, 0) is 13.0 Å². The molecule has 26 heavy (non-hydrogen) atoms. The summed E-state index contributed by atoms with van der Waals surface area (Å²) in [5.41, 5.74) is 5.01. The second-order valence-corrected chi connectivity index (χ2v) is 6.21. The van der Waals surface area contributed by atoms with E-state index in [0.717, 1.165) is 24.2 Å². The van der Waals surface area contributed by atoms with Gasteiger partial charge in [0, 0.05) is 34.8 Å². The predicted octanol–water partition coefficient (Wildman–Crippen LogP) is 1.11. The van der Waals surface area contributed by atoms with Crippen molar-refractivity contribution in [3.05, 3.63) is 95.9 Å². The molecule has 3 nitrogen and oxygen atoms in total. The molecule has 0 spiro atoms. The Kier molecular flexibility index (Phi) is 5.74. The summed E-state index contributed by atoms with van der Waals surface area (Å²) in [6.07, 6.45) is 5.13. The number of pyridine rings is 1. The van der Waals surface area contributed by atoms with Crippen LogP contribution in [0, 0.1) is 0 Å². The van der Waals surface area contributed by atoms with Crippen LogP contribution in [-0.4, -0.2) is 12.1 Å². The van der Waals surface area contributed by atoms with Crippen LogP contribution < -0.4 is 26.3 Å². The fourth-order valence-corrected chi connectivity index (χ4v) is 3.23. The molecule has 4 aromatic rings. The standard InChI is InChI=1S/C22H21N2O.BrH/c1-25-20-10-11-22-21(14-20)18(15-23-22)13-19-9-5-6-12-24(19)16-17-7-3-2-4-8-17;/h2-12,14-15,23H,13,16H2,1H3;1H/q+1;/p-1. The summed E-state index contributed by atoms with van der Waals surface area (Å²) < 4.78 is 7.69. The summed E-state index contributed by atoms with van der Waals surface area (Å²) in [7, 11) is 1.71. The van der Waals surface area contributed by atoms with E-state index in [0.29, 0.717) is 0 Å². The lowest BCUT2D eigenvalue weighted by Gasteiger charge is -2.05. The van der Waals surface area contributed by atoms with Gasteiger partial charge in [-0.25, -0.2) is 0 Å². The molecule has 0 aliphatic rings. The van der Waals surface area contributed by atoms with E-state index in [-0.39, 0.29) is 17.0 Å². The Labute approximate surface area is 164 Å². The first-order chi connectivity index (χ1) is 12.3. The van der Waals surface area contributed by atoms with Crippen LogP contribution in [0.3, 0.4) is 0 Å². The molecular formula is C22H21BrN2O. The zero-order valence-corrected chi connectivity index (χ0v) is 16.2. The highest BCUT2D eigenvalue weighted by Gasteiger charge is 2.14. The van der Waals surface area contributed by atoms with E-state index >= 15 is 0 Å². The zero-order valence-electron chi connectivity index (χ0n) is 14.7. The van der Waals surface area contributed by atoms with E-state index in [2.05, 4.69) is 82.6 Å². The number of nitrogens with zero attached hydrogens (tertiary/aromatic N) is 1. The van der Waals surface area contributed by atoms with Crippen molar-refractivity contribution < 1.29 is 26.3 Å². The van der Waals surface area contributed by atoms with E-state index in [1.54, 1.807) is 7.11 Å². The highest BCUT2D eigenvalue weighted by atomic mass is 79.9. The average molecular weight is 409 g/mol. The molecule has 0 bridgehead atoms. The fraction of sp³-hybridized carbons (Fsp3) is 0.136. The van der Waals surface area contributed by atoms with Crippen molar-refractivity contribution in [3.8, 4) is 5.75 Å². The number of hydrogen-bond acceptors (Lipinski definition) is 1. The van der Waals surface area contributed by atoms with Gasteiger partial charge >= 0.3 is 0 Å². The highest BCUT2D eigenvalue weighted by molar-refractivity contribution is 5.84. The molecule has 0 saturated carbocycles. The topological polar surface area (TPSA) is 28.9 Å². The van der Waals surface area contributed by atoms with Crippen LogP contribution in [0.25, 0.3) is 10.9 Å². The van der Waals surface area contributed by atoms with Crippen LogP contribution in [0.1, 0.15) is 16.8 Å². The number of aromatic amines is 1. The van der Waals surface area contributed by atoms with Gasteiger partial charge in [0.25, 0.3) is 0 Å². The molecule has 0 radical (unpaired) electrons. The Bertz CT molecular complexity index is 995. The van der Waals surface area contributed by atoms with Crippen molar-refractivity contribution in [2.24, 2.45) is 0 Å². The third-order valence-corrected chi connectivity index (χ3v) is 4.58. The number of fused-ring (bicyclic) bond motifs is 1. The molecule has 0 atom stereocenters. The van der Waals surface area contributed by atoms with Crippen molar-refractivity contribution in [3.63, 3.8) is 0 Å². The van der Waals surface area contributed by atoms with Gasteiger partial charge in [-0.15, -0.1) is 0 Å². The van der Waals surface area contributed by atoms with Crippen LogP contribution in [0.4, 0.5) is 0 Å². The number of methoxy groups -OCH3 is 1. The number of rotatable bonds is 5. The lowest BCUT2D eigenvalue weighted by molar-refractivity contribution is -0.695. The lowest BCUT2D eigenvalue weighted by atomic mass is 10.1. The van der Waals surface area contributed by atoms with Crippen LogP contribution in [0.2, 0.25) is 0 Å². The number of aromatic nitrogens is 2. The number of hydrogen-bond donors (Lipinski definition) is 1. The van der Waals surface area contributed by atoms with Crippen LogP contribution in [0.5, 0.6) is 5.75 Å². The highest BCUT2D eigenvalue weighted by Crippen LogP contribution is 2.24. The lowest BCUT2D eigenvalue weighted by Crippen LogP contribution is -3.00. The molecule has 2 aromatic heterocycles. The molecule has 0 amide bonds. The molecule has 0 aliphatic carbocycles. The van der Waals surface area contributed by atoms with Crippen molar-refractivity contribution in [1.29, 1.82) is 0 Å². The van der Waals surface area contributed by atoms with Gasteiger partial charge in [0.2, 0.25) is 0 Å². The van der Waals surface area contributed by atoms with Crippen molar-refractivity contribution in [2.75, 3.05) is 7.11 Å². The quantitative estimate of drug-likeness (QED) is 0.492. The minimum absolute atomic E-state index is 0. The molecule has 132 valence electrons. The average Bonchev–Trinajstić information content (AvgIpc) is 3.06. The second-order valence-electron chi connectivity index (χ2n) is 6.21. The summed E-state index contributed by atoms with van der Waals surface area (Å²) >= 11 is 0. The Balaban J connectivity index is 0.00000196. The Morgan fingerprint density at radius 3 is 2.58 bits per heavy atom. The summed E-state index contributed by atoms with van der Waals surface area (Å²) in [5.74, 6) is 0.888. The molecule has 0 unspecified atom stereocenters. The van der Waals surface area contributed by atoms with Gasteiger partial charge in [0.1, 0.15) is 5.75 Å². The van der Waals surface area contributed by atoms with E-state index < -0.39 is 0 Å². The van der Waals surface area contributed by atoms with Gasteiger partial charge in [-0.3, -0.25) is 0 Å². The maximum absolute atomic E-state index is 5.38. The monoisotopic (exact) mass is 408 g/mol. The number of nitrogens with one attached hydrogen (secondary N) is 1. The van der Waals surface area contributed by atoms with Gasteiger partial charge in [-0.1, -0.05) is 36.4 Å². The molecule has 0 aliphatic heterocycles. The molecule has 4 heteroatoms. The Morgan fingerprint density at radius 1 is 0.962 bits per heavy atom. The minimum Gasteiger partial charge on any atom is -1.00 e. The maximum Gasteiger partial charge on any atom is 0.186 e. The SMILES string of the molecule is COc1ccc2[nH]cc(Cc3cccc[n+]3Cc3ccccc3)c2c1.[Br-].